The highest BCUT2D eigenvalue weighted by Gasteiger charge is 2.09. The molecule has 0 saturated carbocycles. The SMILES string of the molecule is CCCCCCNC(=O)n1cnc(-c2ccc(OCc3ccc(S(C)(=O)=O)cc3)cc2)c1. The lowest BCUT2D eigenvalue weighted by Crippen LogP contribution is -2.28. The zero-order valence-electron chi connectivity index (χ0n) is 18.5. The molecule has 0 aliphatic carbocycles. The molecule has 8 heteroatoms. The van der Waals surface area contributed by atoms with Gasteiger partial charge in [-0.2, -0.15) is 0 Å². The molecule has 170 valence electrons. The standard InChI is InChI=1S/C24H29N3O4S/c1-3-4-5-6-15-25-24(28)27-16-23(26-18-27)20-9-11-21(12-10-20)31-17-19-7-13-22(14-8-19)32(2,29)30/h7-14,16,18H,3-6,15,17H2,1-2H3,(H,25,28). The Morgan fingerprint density at radius 2 is 1.75 bits per heavy atom. The van der Waals surface area contributed by atoms with Crippen LogP contribution in [0.15, 0.2) is 66.0 Å². The molecule has 0 aliphatic heterocycles. The van der Waals surface area contributed by atoms with E-state index in [-0.39, 0.29) is 10.9 Å². The van der Waals surface area contributed by atoms with Crippen molar-refractivity contribution in [2.75, 3.05) is 12.8 Å². The molecule has 3 aromatic rings. The summed E-state index contributed by atoms with van der Waals surface area (Å²) in [5.74, 6) is 0.685. The molecule has 0 aliphatic rings. The summed E-state index contributed by atoms with van der Waals surface area (Å²) in [7, 11) is -3.20. The molecule has 2 aromatic carbocycles. The van der Waals surface area contributed by atoms with Gasteiger partial charge in [-0.05, 0) is 48.4 Å². The molecule has 7 nitrogen and oxygen atoms in total. The fourth-order valence-corrected chi connectivity index (χ4v) is 3.77. The largest absolute Gasteiger partial charge is 0.489 e. The molecule has 1 aromatic heterocycles. The lowest BCUT2D eigenvalue weighted by atomic mass is 10.1. The molecule has 1 N–H and O–H groups in total. The average molecular weight is 456 g/mol. The number of benzene rings is 2. The molecular formula is C24H29N3O4S. The van der Waals surface area contributed by atoms with Crippen LogP contribution in [0.3, 0.4) is 0 Å². The maximum Gasteiger partial charge on any atom is 0.326 e. The number of ether oxygens (including phenoxy) is 1. The molecule has 1 heterocycles. The van der Waals surface area contributed by atoms with Gasteiger partial charge < -0.3 is 10.1 Å². The van der Waals surface area contributed by atoms with Crippen LogP contribution in [0.25, 0.3) is 11.3 Å². The van der Waals surface area contributed by atoms with Crippen molar-refractivity contribution in [2.45, 2.75) is 44.1 Å². The third-order valence-electron chi connectivity index (χ3n) is 5.03. The fourth-order valence-electron chi connectivity index (χ4n) is 3.14. The molecular weight excluding hydrogens is 426 g/mol. The summed E-state index contributed by atoms with van der Waals surface area (Å²) in [5.41, 5.74) is 2.46. The Morgan fingerprint density at radius 1 is 1.03 bits per heavy atom. The number of sulfone groups is 1. The molecule has 0 atom stereocenters. The van der Waals surface area contributed by atoms with Gasteiger partial charge in [-0.25, -0.2) is 18.2 Å². The molecule has 0 fully saturated rings. The van der Waals surface area contributed by atoms with Crippen LogP contribution in [0.4, 0.5) is 4.79 Å². The molecule has 32 heavy (non-hydrogen) atoms. The normalized spacial score (nSPS) is 11.3. The summed E-state index contributed by atoms with van der Waals surface area (Å²) in [6.45, 7) is 3.15. The predicted octanol–water partition coefficient (Wildman–Crippen LogP) is 4.67. The minimum Gasteiger partial charge on any atom is -0.489 e. The van der Waals surface area contributed by atoms with E-state index >= 15 is 0 Å². The topological polar surface area (TPSA) is 90.3 Å². The third kappa shape index (κ3) is 6.68. The Labute approximate surface area is 189 Å². The van der Waals surface area contributed by atoms with Gasteiger partial charge in [0, 0.05) is 24.6 Å². The number of nitrogens with one attached hydrogen (secondary N) is 1. The number of hydrogen-bond donors (Lipinski definition) is 1. The summed E-state index contributed by atoms with van der Waals surface area (Å²) in [6, 6.07) is 13.9. The van der Waals surface area contributed by atoms with Gasteiger partial charge in [-0.1, -0.05) is 38.3 Å². The summed E-state index contributed by atoms with van der Waals surface area (Å²) >= 11 is 0. The minimum absolute atomic E-state index is 0.179. The molecule has 1 amide bonds. The van der Waals surface area contributed by atoms with Crippen LogP contribution in [-0.4, -0.2) is 36.8 Å². The summed E-state index contributed by atoms with van der Waals surface area (Å²) in [4.78, 5) is 16.8. The van der Waals surface area contributed by atoms with Gasteiger partial charge in [0.15, 0.2) is 9.84 Å². The van der Waals surface area contributed by atoms with Gasteiger partial charge in [0.05, 0.1) is 10.6 Å². The number of carbonyl (C=O) groups is 1. The van der Waals surface area contributed by atoms with E-state index in [9.17, 15) is 13.2 Å². The van der Waals surface area contributed by atoms with Gasteiger partial charge in [0.25, 0.3) is 0 Å². The van der Waals surface area contributed by atoms with Crippen LogP contribution in [0, 0.1) is 0 Å². The van der Waals surface area contributed by atoms with Gasteiger partial charge in [-0.3, -0.25) is 4.57 Å². The van der Waals surface area contributed by atoms with Crippen LogP contribution >= 0.6 is 0 Å². The Kier molecular flexibility index (Phi) is 8.05. The van der Waals surface area contributed by atoms with Gasteiger partial charge >= 0.3 is 6.03 Å². The first-order valence-electron chi connectivity index (χ1n) is 10.7. The number of aromatic nitrogens is 2. The summed E-state index contributed by atoms with van der Waals surface area (Å²) < 4.78 is 30.3. The van der Waals surface area contributed by atoms with Crippen molar-refractivity contribution in [2.24, 2.45) is 0 Å². The first-order chi connectivity index (χ1) is 15.4. The lowest BCUT2D eigenvalue weighted by molar-refractivity contribution is 0.242. The fraction of sp³-hybridized carbons (Fsp3) is 0.333. The third-order valence-corrected chi connectivity index (χ3v) is 6.16. The van der Waals surface area contributed by atoms with E-state index < -0.39 is 9.84 Å². The van der Waals surface area contributed by atoms with Crippen molar-refractivity contribution in [3.63, 3.8) is 0 Å². The first kappa shape index (κ1) is 23.5. The van der Waals surface area contributed by atoms with Gasteiger partial charge in [-0.15, -0.1) is 0 Å². The second-order valence-electron chi connectivity index (χ2n) is 7.69. The van der Waals surface area contributed by atoms with Crippen LogP contribution in [-0.2, 0) is 16.4 Å². The predicted molar refractivity (Wildman–Crippen MR) is 124 cm³/mol. The zero-order valence-corrected chi connectivity index (χ0v) is 19.3. The van der Waals surface area contributed by atoms with E-state index in [4.69, 9.17) is 4.74 Å². The minimum atomic E-state index is -3.20. The number of unbranched alkanes of at least 4 members (excludes halogenated alkanes) is 3. The van der Waals surface area contributed by atoms with Crippen LogP contribution < -0.4 is 10.1 Å². The van der Waals surface area contributed by atoms with E-state index in [1.165, 1.54) is 30.0 Å². The van der Waals surface area contributed by atoms with Crippen molar-refractivity contribution in [3.05, 3.63) is 66.6 Å². The number of hydrogen-bond acceptors (Lipinski definition) is 5. The Hall–Kier alpha value is -3.13. The smallest absolute Gasteiger partial charge is 0.326 e. The lowest BCUT2D eigenvalue weighted by Gasteiger charge is -2.07. The van der Waals surface area contributed by atoms with Crippen LogP contribution in [0.2, 0.25) is 0 Å². The van der Waals surface area contributed by atoms with Crippen molar-refractivity contribution in [1.29, 1.82) is 0 Å². The maximum absolute atomic E-state index is 12.2. The summed E-state index contributed by atoms with van der Waals surface area (Å²) in [6.07, 6.45) is 8.85. The van der Waals surface area contributed by atoms with E-state index in [2.05, 4.69) is 17.2 Å². The van der Waals surface area contributed by atoms with E-state index in [1.807, 2.05) is 24.3 Å². The van der Waals surface area contributed by atoms with Crippen LogP contribution in [0.1, 0.15) is 38.2 Å². The first-order valence-corrected chi connectivity index (χ1v) is 12.6. The molecule has 0 unspecified atom stereocenters. The maximum atomic E-state index is 12.2. The number of imidazole rings is 1. The highest BCUT2D eigenvalue weighted by Crippen LogP contribution is 2.22. The van der Waals surface area contributed by atoms with Gasteiger partial charge in [0.2, 0.25) is 0 Å². The van der Waals surface area contributed by atoms with Crippen molar-refractivity contribution >= 4 is 15.9 Å². The number of amides is 1. The quantitative estimate of drug-likeness (QED) is 0.449. The second kappa shape index (κ2) is 10.9. The Balaban J connectivity index is 1.53. The monoisotopic (exact) mass is 455 g/mol. The number of nitrogens with zero attached hydrogens (tertiary/aromatic N) is 2. The number of carbonyl (C=O) groups excluding carboxylic acids is 1. The highest BCUT2D eigenvalue weighted by atomic mass is 32.2. The Bertz CT molecular complexity index is 1120. The average Bonchev–Trinajstić information content (AvgIpc) is 3.28. The summed E-state index contributed by atoms with van der Waals surface area (Å²) in [5, 5.41) is 2.91. The Morgan fingerprint density at radius 3 is 2.41 bits per heavy atom. The van der Waals surface area contributed by atoms with E-state index in [0.29, 0.717) is 24.6 Å². The highest BCUT2D eigenvalue weighted by molar-refractivity contribution is 7.90. The molecule has 0 spiro atoms. The van der Waals surface area contributed by atoms with Crippen molar-refractivity contribution in [3.8, 4) is 17.0 Å². The van der Waals surface area contributed by atoms with Gasteiger partial charge in [0.1, 0.15) is 18.7 Å². The van der Waals surface area contributed by atoms with E-state index in [0.717, 1.165) is 24.0 Å². The molecule has 3 rings (SSSR count). The molecule has 0 radical (unpaired) electrons. The van der Waals surface area contributed by atoms with Crippen molar-refractivity contribution in [1.82, 2.24) is 14.9 Å². The molecule has 0 bridgehead atoms. The zero-order chi connectivity index (χ0) is 23.0. The molecule has 0 saturated heterocycles. The van der Waals surface area contributed by atoms with E-state index in [1.54, 1.807) is 30.5 Å². The second-order valence-corrected chi connectivity index (χ2v) is 9.70. The van der Waals surface area contributed by atoms with Crippen molar-refractivity contribution < 1.29 is 17.9 Å². The van der Waals surface area contributed by atoms with Crippen LogP contribution in [0.5, 0.6) is 5.75 Å². The number of rotatable bonds is 10.